The van der Waals surface area contributed by atoms with E-state index in [9.17, 15) is 4.79 Å². The summed E-state index contributed by atoms with van der Waals surface area (Å²) < 4.78 is 0. The minimum Gasteiger partial charge on any atom is -0.298 e. The molecule has 2 rings (SSSR count). The highest BCUT2D eigenvalue weighted by atomic mass is 32.2. The maximum absolute atomic E-state index is 11.8. The first-order valence-corrected chi connectivity index (χ1v) is 6.82. The number of ketones is 1. The molecule has 1 aliphatic heterocycles. The summed E-state index contributed by atoms with van der Waals surface area (Å²) in [4.78, 5) is 16.0. The number of thiazole rings is 1. The van der Waals surface area contributed by atoms with E-state index in [2.05, 4.69) is 4.98 Å². The van der Waals surface area contributed by atoms with Crippen LogP contribution in [-0.4, -0.2) is 21.8 Å². The van der Waals surface area contributed by atoms with Crippen LogP contribution in [0.3, 0.4) is 0 Å². The maximum Gasteiger partial charge on any atom is 0.152 e. The molecule has 1 aliphatic rings. The third kappa shape index (κ3) is 2.58. The van der Waals surface area contributed by atoms with E-state index in [1.807, 2.05) is 17.1 Å². The van der Waals surface area contributed by atoms with Gasteiger partial charge in [-0.2, -0.15) is 11.8 Å². The van der Waals surface area contributed by atoms with Crippen molar-refractivity contribution in [3.05, 3.63) is 16.6 Å². The first kappa shape index (κ1) is 10.2. The van der Waals surface area contributed by atoms with E-state index < -0.39 is 0 Å². The van der Waals surface area contributed by atoms with Gasteiger partial charge in [-0.15, -0.1) is 11.3 Å². The standard InChI is InChI=1S/C10H13NOS2/c12-8(7-10-11-4-6-14-10)9-3-1-2-5-13-9/h4,6,9H,1-3,5,7H2. The molecule has 14 heavy (non-hydrogen) atoms. The van der Waals surface area contributed by atoms with Crippen molar-refractivity contribution in [2.45, 2.75) is 30.9 Å². The molecule has 0 N–H and O–H groups in total. The van der Waals surface area contributed by atoms with Crippen molar-refractivity contribution >= 4 is 28.9 Å². The Balaban J connectivity index is 1.88. The van der Waals surface area contributed by atoms with Crippen LogP contribution in [0, 0.1) is 0 Å². The Morgan fingerprint density at radius 3 is 3.14 bits per heavy atom. The average Bonchev–Trinajstić information content (AvgIpc) is 2.72. The number of hydrogen-bond donors (Lipinski definition) is 0. The van der Waals surface area contributed by atoms with Crippen molar-refractivity contribution in [1.29, 1.82) is 0 Å². The molecule has 0 bridgehead atoms. The summed E-state index contributed by atoms with van der Waals surface area (Å²) in [6.45, 7) is 0. The minimum atomic E-state index is 0.243. The van der Waals surface area contributed by atoms with Gasteiger partial charge >= 0.3 is 0 Å². The molecule has 0 radical (unpaired) electrons. The topological polar surface area (TPSA) is 30.0 Å². The van der Waals surface area contributed by atoms with Crippen molar-refractivity contribution in [3.63, 3.8) is 0 Å². The van der Waals surface area contributed by atoms with Crippen molar-refractivity contribution in [3.8, 4) is 0 Å². The summed E-state index contributed by atoms with van der Waals surface area (Å²) in [7, 11) is 0. The van der Waals surface area contributed by atoms with Crippen molar-refractivity contribution in [2.24, 2.45) is 0 Å². The Morgan fingerprint density at radius 1 is 1.57 bits per heavy atom. The molecular weight excluding hydrogens is 214 g/mol. The van der Waals surface area contributed by atoms with Gasteiger partial charge in [0.25, 0.3) is 0 Å². The van der Waals surface area contributed by atoms with Gasteiger partial charge in [0.05, 0.1) is 16.7 Å². The third-order valence-corrected chi connectivity index (χ3v) is 4.55. The summed E-state index contributed by atoms with van der Waals surface area (Å²) in [5, 5.41) is 3.13. The second-order valence-corrected chi connectivity index (χ2v) is 5.71. The van der Waals surface area contributed by atoms with Gasteiger partial charge in [0, 0.05) is 11.6 Å². The first-order chi connectivity index (χ1) is 6.86. The number of carbonyl (C=O) groups excluding carboxylic acids is 1. The molecule has 1 atom stereocenters. The number of thioether (sulfide) groups is 1. The Kier molecular flexibility index (Phi) is 3.59. The van der Waals surface area contributed by atoms with Crippen LogP contribution >= 0.6 is 23.1 Å². The summed E-state index contributed by atoms with van der Waals surface area (Å²) in [5.74, 6) is 1.51. The molecule has 0 aliphatic carbocycles. The Hall–Kier alpha value is -0.350. The van der Waals surface area contributed by atoms with E-state index in [1.54, 1.807) is 17.5 Å². The predicted octanol–water partition coefficient (Wildman–Crippen LogP) is 2.54. The smallest absolute Gasteiger partial charge is 0.152 e. The lowest BCUT2D eigenvalue weighted by molar-refractivity contribution is -0.118. The number of aromatic nitrogens is 1. The number of hydrogen-bond acceptors (Lipinski definition) is 4. The van der Waals surface area contributed by atoms with E-state index >= 15 is 0 Å². The molecule has 0 spiro atoms. The van der Waals surface area contributed by atoms with Gasteiger partial charge in [0.15, 0.2) is 5.78 Å². The molecule has 4 heteroatoms. The Labute approximate surface area is 92.1 Å². The molecule has 76 valence electrons. The summed E-state index contributed by atoms with van der Waals surface area (Å²) in [6.07, 6.45) is 5.85. The molecule has 1 aromatic heterocycles. The van der Waals surface area contributed by atoms with E-state index in [0.29, 0.717) is 12.2 Å². The zero-order valence-corrected chi connectivity index (χ0v) is 9.57. The zero-order chi connectivity index (χ0) is 9.80. The maximum atomic E-state index is 11.8. The highest BCUT2D eigenvalue weighted by Gasteiger charge is 2.22. The molecule has 2 nitrogen and oxygen atoms in total. The van der Waals surface area contributed by atoms with E-state index in [0.717, 1.165) is 17.2 Å². The fourth-order valence-electron chi connectivity index (χ4n) is 1.60. The molecular formula is C10H13NOS2. The fraction of sp³-hybridized carbons (Fsp3) is 0.600. The second-order valence-electron chi connectivity index (χ2n) is 3.42. The number of nitrogens with zero attached hydrogens (tertiary/aromatic N) is 1. The van der Waals surface area contributed by atoms with Gasteiger partial charge in [-0.3, -0.25) is 4.79 Å². The first-order valence-electron chi connectivity index (χ1n) is 4.89. The third-order valence-electron chi connectivity index (χ3n) is 2.35. The fourth-order valence-corrected chi connectivity index (χ4v) is 3.48. The molecule has 2 heterocycles. The normalized spacial score (nSPS) is 22.1. The SMILES string of the molecule is O=C(Cc1nccs1)C1CCCCS1. The zero-order valence-electron chi connectivity index (χ0n) is 7.94. The van der Waals surface area contributed by atoms with Crippen LogP contribution in [0.25, 0.3) is 0 Å². The molecule has 0 saturated carbocycles. The highest BCUT2D eigenvalue weighted by molar-refractivity contribution is 8.00. The summed E-state index contributed by atoms with van der Waals surface area (Å²) in [6, 6.07) is 0. The van der Waals surface area contributed by atoms with E-state index in [4.69, 9.17) is 0 Å². The van der Waals surface area contributed by atoms with Crippen LogP contribution in [0.5, 0.6) is 0 Å². The summed E-state index contributed by atoms with van der Waals surface area (Å²) in [5.41, 5.74) is 0. The lowest BCUT2D eigenvalue weighted by Gasteiger charge is -2.19. The van der Waals surface area contributed by atoms with Gasteiger partial charge in [-0.1, -0.05) is 6.42 Å². The van der Waals surface area contributed by atoms with E-state index in [1.165, 1.54) is 12.8 Å². The van der Waals surface area contributed by atoms with Crippen molar-refractivity contribution in [1.82, 2.24) is 4.98 Å². The van der Waals surface area contributed by atoms with Gasteiger partial charge in [0.1, 0.15) is 0 Å². The highest BCUT2D eigenvalue weighted by Crippen LogP contribution is 2.26. The van der Waals surface area contributed by atoms with Crippen molar-refractivity contribution < 1.29 is 4.79 Å². The van der Waals surface area contributed by atoms with Gasteiger partial charge in [0.2, 0.25) is 0 Å². The minimum absolute atomic E-state index is 0.243. The van der Waals surface area contributed by atoms with Crippen LogP contribution in [-0.2, 0) is 11.2 Å². The van der Waals surface area contributed by atoms with Gasteiger partial charge < -0.3 is 0 Å². The van der Waals surface area contributed by atoms with Gasteiger partial charge in [-0.25, -0.2) is 4.98 Å². The summed E-state index contributed by atoms with van der Waals surface area (Å²) >= 11 is 3.39. The van der Waals surface area contributed by atoms with Crippen LogP contribution in [0.15, 0.2) is 11.6 Å². The molecule has 1 saturated heterocycles. The van der Waals surface area contributed by atoms with Crippen LogP contribution in [0.4, 0.5) is 0 Å². The quantitative estimate of drug-likeness (QED) is 0.795. The molecule has 1 aromatic rings. The molecule has 0 aromatic carbocycles. The van der Waals surface area contributed by atoms with Crippen molar-refractivity contribution in [2.75, 3.05) is 5.75 Å². The van der Waals surface area contributed by atoms with Crippen LogP contribution < -0.4 is 0 Å². The Morgan fingerprint density at radius 2 is 2.50 bits per heavy atom. The molecule has 1 unspecified atom stereocenters. The Bertz CT molecular complexity index is 291. The van der Waals surface area contributed by atoms with Crippen LogP contribution in [0.1, 0.15) is 24.3 Å². The second kappa shape index (κ2) is 4.94. The lowest BCUT2D eigenvalue weighted by Crippen LogP contribution is -2.22. The lowest BCUT2D eigenvalue weighted by atomic mass is 10.1. The van der Waals surface area contributed by atoms with Crippen LogP contribution in [0.2, 0.25) is 0 Å². The monoisotopic (exact) mass is 227 g/mol. The largest absolute Gasteiger partial charge is 0.298 e. The molecule has 0 amide bonds. The number of carbonyl (C=O) groups is 1. The predicted molar refractivity (Wildman–Crippen MR) is 60.9 cm³/mol. The van der Waals surface area contributed by atoms with E-state index in [-0.39, 0.29) is 5.25 Å². The molecule has 1 fully saturated rings. The number of Topliss-reactive ketones (excluding diaryl/α,β-unsaturated/α-hetero) is 1. The number of rotatable bonds is 3. The van der Waals surface area contributed by atoms with Gasteiger partial charge in [-0.05, 0) is 18.6 Å². The average molecular weight is 227 g/mol.